The highest BCUT2D eigenvalue weighted by Gasteiger charge is 2.29. The van der Waals surface area contributed by atoms with E-state index in [4.69, 9.17) is 9.84 Å². The van der Waals surface area contributed by atoms with Crippen LogP contribution in [-0.4, -0.2) is 32.2 Å². The molecule has 30 heavy (non-hydrogen) atoms. The second-order valence-electron chi connectivity index (χ2n) is 7.21. The number of benzene rings is 2. The van der Waals surface area contributed by atoms with Gasteiger partial charge in [0.25, 0.3) is 0 Å². The number of rotatable bonds is 5. The van der Waals surface area contributed by atoms with Crippen LogP contribution in [0.5, 0.6) is 5.75 Å². The molecular weight excluding hydrogens is 376 g/mol. The molecule has 1 aliphatic rings. The van der Waals surface area contributed by atoms with Crippen LogP contribution in [0.4, 0.5) is 0 Å². The summed E-state index contributed by atoms with van der Waals surface area (Å²) in [5.74, 6) is 1.81. The lowest BCUT2D eigenvalue weighted by Crippen LogP contribution is -2.14. The van der Waals surface area contributed by atoms with Crippen molar-refractivity contribution in [2.45, 2.75) is 19.4 Å². The quantitative estimate of drug-likeness (QED) is 0.555. The molecule has 0 bridgehead atoms. The summed E-state index contributed by atoms with van der Waals surface area (Å²) < 4.78 is 9.25. The molecule has 7 heteroatoms. The van der Waals surface area contributed by atoms with Crippen LogP contribution in [-0.2, 0) is 0 Å². The van der Waals surface area contributed by atoms with Crippen LogP contribution in [0.1, 0.15) is 29.3 Å². The summed E-state index contributed by atoms with van der Waals surface area (Å²) in [5.41, 5.74) is 8.52. The number of imidazole rings is 1. The maximum Gasteiger partial charge on any atom is 0.147 e. The molecule has 0 spiro atoms. The van der Waals surface area contributed by atoms with E-state index in [1.54, 1.807) is 19.6 Å². The number of nitrogens with one attached hydrogen (secondary N) is 1. The molecule has 2 aromatic carbocycles. The Labute approximate surface area is 174 Å². The predicted molar refractivity (Wildman–Crippen MR) is 115 cm³/mol. The smallest absolute Gasteiger partial charge is 0.147 e. The fourth-order valence-electron chi connectivity index (χ4n) is 3.89. The Hall–Kier alpha value is -3.87. The fraction of sp³-hybridized carbons (Fsp3) is 0.174. The van der Waals surface area contributed by atoms with Crippen molar-refractivity contribution in [2.24, 2.45) is 5.10 Å². The van der Waals surface area contributed by atoms with Gasteiger partial charge < -0.3 is 10.2 Å². The molecule has 0 saturated heterocycles. The molecule has 150 valence electrons. The highest BCUT2D eigenvalue weighted by Crippen LogP contribution is 2.33. The summed E-state index contributed by atoms with van der Waals surface area (Å²) in [4.78, 5) is 4.25. The van der Waals surface area contributed by atoms with Crippen molar-refractivity contribution < 1.29 is 4.74 Å². The normalized spacial score (nSPS) is 15.7. The molecule has 0 radical (unpaired) electrons. The molecule has 1 unspecified atom stereocenters. The van der Waals surface area contributed by atoms with Gasteiger partial charge in [-0.3, -0.25) is 4.57 Å². The average Bonchev–Trinajstić information content (AvgIpc) is 3.54. The zero-order valence-electron chi connectivity index (χ0n) is 16.9. The predicted octanol–water partition coefficient (Wildman–Crippen LogP) is 3.81. The molecule has 3 heterocycles. The van der Waals surface area contributed by atoms with Gasteiger partial charge in [0.2, 0.25) is 0 Å². The number of nitrogens with zero attached hydrogens (tertiary/aromatic N) is 5. The van der Waals surface area contributed by atoms with Crippen molar-refractivity contribution >= 4 is 5.71 Å². The number of aromatic nitrogens is 4. The lowest BCUT2D eigenvalue weighted by Gasteiger charge is -2.14. The Morgan fingerprint density at radius 1 is 1.07 bits per heavy atom. The van der Waals surface area contributed by atoms with Gasteiger partial charge in [0.05, 0.1) is 30.2 Å². The zero-order chi connectivity index (χ0) is 20.5. The number of hydrazone groups is 1. The van der Waals surface area contributed by atoms with Crippen LogP contribution in [0.3, 0.4) is 0 Å². The first-order chi connectivity index (χ1) is 14.7. The minimum Gasteiger partial charge on any atom is -0.497 e. The molecule has 1 atom stereocenters. The van der Waals surface area contributed by atoms with Crippen molar-refractivity contribution in [1.82, 2.24) is 24.8 Å². The standard InChI is InChI=1S/C23H22N6O/c1-16-22(21-14-20(25-26-21)17-8-10-19(30-2)11-9-17)23(28-13-12-24-15-28)29(27-16)18-6-4-3-5-7-18/h3-13,15,21,26H,14H2,1-2H3. The third kappa shape index (κ3) is 3.14. The molecule has 0 saturated carbocycles. The van der Waals surface area contributed by atoms with E-state index < -0.39 is 0 Å². The van der Waals surface area contributed by atoms with Gasteiger partial charge in [0.15, 0.2) is 0 Å². The number of hydrogen-bond acceptors (Lipinski definition) is 5. The van der Waals surface area contributed by atoms with E-state index in [-0.39, 0.29) is 6.04 Å². The average molecular weight is 398 g/mol. The van der Waals surface area contributed by atoms with Crippen molar-refractivity contribution in [3.8, 4) is 17.3 Å². The van der Waals surface area contributed by atoms with Crippen LogP contribution in [0.25, 0.3) is 11.5 Å². The van der Waals surface area contributed by atoms with E-state index in [1.807, 2.05) is 64.8 Å². The second-order valence-corrected chi connectivity index (χ2v) is 7.21. The van der Waals surface area contributed by atoms with Gasteiger partial charge >= 0.3 is 0 Å². The van der Waals surface area contributed by atoms with Gasteiger partial charge in [0.1, 0.15) is 17.9 Å². The summed E-state index contributed by atoms with van der Waals surface area (Å²) in [6, 6.07) is 18.2. The van der Waals surface area contributed by atoms with Crippen LogP contribution < -0.4 is 10.2 Å². The summed E-state index contributed by atoms with van der Waals surface area (Å²) in [6.45, 7) is 2.04. The molecule has 4 aromatic rings. The van der Waals surface area contributed by atoms with Crippen LogP contribution in [0.15, 0.2) is 78.4 Å². The topological polar surface area (TPSA) is 69.3 Å². The number of methoxy groups -OCH3 is 1. The van der Waals surface area contributed by atoms with E-state index >= 15 is 0 Å². The molecule has 5 rings (SSSR count). The Morgan fingerprint density at radius 2 is 1.87 bits per heavy atom. The van der Waals surface area contributed by atoms with Crippen molar-refractivity contribution in [3.05, 3.63) is 90.1 Å². The Balaban J connectivity index is 1.53. The van der Waals surface area contributed by atoms with Crippen LogP contribution in [0.2, 0.25) is 0 Å². The molecule has 0 amide bonds. The van der Waals surface area contributed by atoms with Gasteiger partial charge in [-0.1, -0.05) is 18.2 Å². The Kier molecular flexibility index (Phi) is 4.55. The molecule has 0 aliphatic carbocycles. The second kappa shape index (κ2) is 7.51. The first-order valence-electron chi connectivity index (χ1n) is 9.84. The number of aryl methyl sites for hydroxylation is 1. The molecule has 2 aromatic heterocycles. The third-order valence-electron chi connectivity index (χ3n) is 5.36. The first kappa shape index (κ1) is 18.2. The van der Waals surface area contributed by atoms with Gasteiger partial charge in [-0.2, -0.15) is 10.2 Å². The highest BCUT2D eigenvalue weighted by molar-refractivity contribution is 6.02. The third-order valence-corrected chi connectivity index (χ3v) is 5.36. The summed E-state index contributed by atoms with van der Waals surface area (Å²) in [6.07, 6.45) is 6.30. The SMILES string of the molecule is COc1ccc(C2=NNC(c3c(C)nn(-c4ccccc4)c3-n3ccnc3)C2)cc1. The summed E-state index contributed by atoms with van der Waals surface area (Å²) >= 11 is 0. The van der Waals surface area contributed by atoms with E-state index in [0.717, 1.165) is 46.2 Å². The molecule has 0 fully saturated rings. The Bertz CT molecular complexity index is 1180. The van der Waals surface area contributed by atoms with Crippen molar-refractivity contribution in [1.29, 1.82) is 0 Å². The van der Waals surface area contributed by atoms with Crippen molar-refractivity contribution in [2.75, 3.05) is 7.11 Å². The van der Waals surface area contributed by atoms with E-state index in [0.29, 0.717) is 0 Å². The maximum absolute atomic E-state index is 5.26. The van der Waals surface area contributed by atoms with Gasteiger partial charge in [-0.05, 0) is 48.9 Å². The molecule has 7 nitrogen and oxygen atoms in total. The monoisotopic (exact) mass is 398 g/mol. The fourth-order valence-corrected chi connectivity index (χ4v) is 3.89. The molecule has 1 aliphatic heterocycles. The van der Waals surface area contributed by atoms with E-state index in [2.05, 4.69) is 27.6 Å². The highest BCUT2D eigenvalue weighted by atomic mass is 16.5. The molecular formula is C23H22N6O. The minimum atomic E-state index is 0.0250. The van der Waals surface area contributed by atoms with Gasteiger partial charge in [0, 0.05) is 24.4 Å². The Morgan fingerprint density at radius 3 is 2.57 bits per heavy atom. The van der Waals surface area contributed by atoms with Crippen molar-refractivity contribution in [3.63, 3.8) is 0 Å². The number of para-hydroxylation sites is 1. The maximum atomic E-state index is 5.26. The lowest BCUT2D eigenvalue weighted by atomic mass is 9.99. The lowest BCUT2D eigenvalue weighted by molar-refractivity contribution is 0.415. The zero-order valence-corrected chi connectivity index (χ0v) is 16.9. The van der Waals surface area contributed by atoms with Crippen LogP contribution in [0, 0.1) is 6.92 Å². The largest absolute Gasteiger partial charge is 0.497 e. The number of hydrogen-bond donors (Lipinski definition) is 1. The summed E-state index contributed by atoms with van der Waals surface area (Å²) in [5, 5.41) is 9.49. The minimum absolute atomic E-state index is 0.0250. The van der Waals surface area contributed by atoms with Crippen LogP contribution >= 0.6 is 0 Å². The van der Waals surface area contributed by atoms with E-state index in [1.165, 1.54) is 0 Å². The molecule has 1 N–H and O–H groups in total. The van der Waals surface area contributed by atoms with Gasteiger partial charge in [-0.25, -0.2) is 9.67 Å². The van der Waals surface area contributed by atoms with E-state index in [9.17, 15) is 0 Å². The number of ether oxygens (including phenoxy) is 1. The summed E-state index contributed by atoms with van der Waals surface area (Å²) in [7, 11) is 1.67. The first-order valence-corrected chi connectivity index (χ1v) is 9.84. The van der Waals surface area contributed by atoms with Gasteiger partial charge in [-0.15, -0.1) is 0 Å².